The molecule has 31 heavy (non-hydrogen) atoms. The van der Waals surface area contributed by atoms with E-state index in [0.717, 1.165) is 20.5 Å². The molecule has 1 saturated heterocycles. The van der Waals surface area contributed by atoms with Gasteiger partial charge in [0.2, 0.25) is 0 Å². The summed E-state index contributed by atoms with van der Waals surface area (Å²) in [5.41, 5.74) is 1.52. The molecule has 1 aliphatic heterocycles. The average Bonchev–Trinajstić information content (AvgIpc) is 3.18. The van der Waals surface area contributed by atoms with Crippen LogP contribution >= 0.6 is 39.1 Å². The number of benzene rings is 2. The zero-order valence-electron chi connectivity index (χ0n) is 15.9. The van der Waals surface area contributed by atoms with Crippen LogP contribution in [-0.2, 0) is 9.59 Å². The molecule has 0 saturated carbocycles. The van der Waals surface area contributed by atoms with Crippen molar-refractivity contribution in [2.24, 2.45) is 0 Å². The van der Waals surface area contributed by atoms with E-state index in [1.165, 1.54) is 12.1 Å². The van der Waals surface area contributed by atoms with Crippen LogP contribution in [0.3, 0.4) is 0 Å². The topological polar surface area (TPSA) is 79.6 Å². The van der Waals surface area contributed by atoms with Crippen molar-refractivity contribution in [3.63, 3.8) is 0 Å². The Hall–Kier alpha value is -2.87. The lowest BCUT2D eigenvalue weighted by molar-refractivity contribution is -0.122. The van der Waals surface area contributed by atoms with Crippen molar-refractivity contribution >= 4 is 68.7 Å². The SMILES string of the molecule is Cc1ccc(N2C(=O)NC(=O)/C(=C/c3ccc(-c4ccc(Br)c(Cl)c4)o3)C2=O)cc1Cl. The summed E-state index contributed by atoms with van der Waals surface area (Å²) < 4.78 is 6.51. The van der Waals surface area contributed by atoms with Gasteiger partial charge in [-0.1, -0.05) is 35.3 Å². The number of rotatable bonds is 3. The number of nitrogens with zero attached hydrogens (tertiary/aromatic N) is 1. The second-order valence-electron chi connectivity index (χ2n) is 6.72. The number of hydrogen-bond donors (Lipinski definition) is 1. The minimum Gasteiger partial charge on any atom is -0.457 e. The molecular weight excluding hydrogens is 507 g/mol. The maximum absolute atomic E-state index is 13.0. The molecule has 2 aromatic carbocycles. The van der Waals surface area contributed by atoms with Crippen LogP contribution in [0.5, 0.6) is 0 Å². The van der Waals surface area contributed by atoms with E-state index in [0.29, 0.717) is 15.8 Å². The number of carbonyl (C=O) groups is 3. The maximum atomic E-state index is 13.0. The molecule has 2 heterocycles. The van der Waals surface area contributed by atoms with Crippen molar-refractivity contribution in [3.8, 4) is 11.3 Å². The molecule has 6 nitrogen and oxygen atoms in total. The number of urea groups is 1. The highest BCUT2D eigenvalue weighted by molar-refractivity contribution is 9.10. The van der Waals surface area contributed by atoms with Gasteiger partial charge in [0.1, 0.15) is 17.1 Å². The van der Waals surface area contributed by atoms with Crippen LogP contribution in [-0.4, -0.2) is 17.8 Å². The molecule has 0 atom stereocenters. The third kappa shape index (κ3) is 4.17. The molecule has 4 rings (SSSR count). The number of amides is 4. The van der Waals surface area contributed by atoms with Gasteiger partial charge >= 0.3 is 6.03 Å². The summed E-state index contributed by atoms with van der Waals surface area (Å²) in [6, 6.07) is 12.5. The quantitative estimate of drug-likeness (QED) is 0.340. The molecule has 0 bridgehead atoms. The van der Waals surface area contributed by atoms with Gasteiger partial charge in [-0.25, -0.2) is 9.69 Å². The number of aryl methyl sites for hydroxylation is 1. The Morgan fingerprint density at radius 3 is 2.48 bits per heavy atom. The highest BCUT2D eigenvalue weighted by atomic mass is 79.9. The first kappa shape index (κ1) is 21.4. The van der Waals surface area contributed by atoms with E-state index in [9.17, 15) is 14.4 Å². The van der Waals surface area contributed by atoms with Gasteiger partial charge in [-0.2, -0.15) is 0 Å². The Kier molecular flexibility index (Phi) is 5.75. The summed E-state index contributed by atoms with van der Waals surface area (Å²) in [6.45, 7) is 1.80. The lowest BCUT2D eigenvalue weighted by atomic mass is 10.1. The minimum atomic E-state index is -0.850. The molecule has 0 aliphatic carbocycles. The first-order chi connectivity index (χ1) is 14.7. The van der Waals surface area contributed by atoms with Crippen LogP contribution in [0.15, 0.2) is 63.0 Å². The Morgan fingerprint density at radius 2 is 1.77 bits per heavy atom. The van der Waals surface area contributed by atoms with Crippen molar-refractivity contribution in [1.82, 2.24) is 5.32 Å². The Bertz CT molecular complexity index is 1280. The number of anilines is 1. The molecule has 1 aromatic heterocycles. The maximum Gasteiger partial charge on any atom is 0.335 e. The van der Waals surface area contributed by atoms with Gasteiger partial charge in [-0.15, -0.1) is 0 Å². The van der Waals surface area contributed by atoms with E-state index < -0.39 is 17.8 Å². The third-order valence-electron chi connectivity index (χ3n) is 4.63. The Morgan fingerprint density at radius 1 is 1.00 bits per heavy atom. The van der Waals surface area contributed by atoms with Crippen LogP contribution in [0.4, 0.5) is 10.5 Å². The zero-order valence-corrected chi connectivity index (χ0v) is 19.0. The summed E-state index contributed by atoms with van der Waals surface area (Å²) in [5, 5.41) is 3.07. The number of nitrogens with one attached hydrogen (secondary N) is 1. The van der Waals surface area contributed by atoms with E-state index in [-0.39, 0.29) is 17.0 Å². The number of barbiturate groups is 1. The van der Waals surface area contributed by atoms with E-state index in [4.69, 9.17) is 27.6 Å². The second-order valence-corrected chi connectivity index (χ2v) is 8.39. The summed E-state index contributed by atoms with van der Waals surface area (Å²) in [7, 11) is 0. The molecule has 3 aromatic rings. The molecule has 4 amide bonds. The zero-order chi connectivity index (χ0) is 22.3. The molecule has 1 N–H and O–H groups in total. The van der Waals surface area contributed by atoms with Gasteiger partial charge in [0.25, 0.3) is 11.8 Å². The minimum absolute atomic E-state index is 0.244. The predicted molar refractivity (Wildman–Crippen MR) is 122 cm³/mol. The third-order valence-corrected chi connectivity index (χ3v) is 6.27. The van der Waals surface area contributed by atoms with Crippen molar-refractivity contribution in [3.05, 3.63) is 79.9 Å². The molecule has 0 spiro atoms. The summed E-state index contributed by atoms with van der Waals surface area (Å²) in [4.78, 5) is 38.5. The largest absolute Gasteiger partial charge is 0.457 e. The number of furan rings is 1. The molecular formula is C22H13BrCl2N2O4. The van der Waals surface area contributed by atoms with Crippen LogP contribution in [0.1, 0.15) is 11.3 Å². The van der Waals surface area contributed by atoms with Crippen molar-refractivity contribution in [2.45, 2.75) is 6.92 Å². The standard InChI is InChI=1S/C22H13BrCl2N2O4/c1-11-2-4-13(9-17(11)24)27-21(29)15(20(28)26-22(27)30)10-14-5-7-19(31-14)12-3-6-16(23)18(25)8-12/h2-10H,1H3,(H,26,28,30)/b15-10-. The number of halogens is 3. The van der Waals surface area contributed by atoms with Crippen molar-refractivity contribution in [1.29, 1.82) is 0 Å². The smallest absolute Gasteiger partial charge is 0.335 e. The highest BCUT2D eigenvalue weighted by Crippen LogP contribution is 2.31. The van der Waals surface area contributed by atoms with Gasteiger partial charge in [0.05, 0.1) is 10.7 Å². The number of hydrogen-bond acceptors (Lipinski definition) is 4. The molecule has 1 fully saturated rings. The van der Waals surface area contributed by atoms with Crippen LogP contribution in [0.2, 0.25) is 10.0 Å². The lowest BCUT2D eigenvalue weighted by Gasteiger charge is -2.26. The van der Waals surface area contributed by atoms with Gasteiger partial charge in [-0.05, 0) is 70.9 Å². The fourth-order valence-electron chi connectivity index (χ4n) is 2.99. The normalized spacial score (nSPS) is 15.5. The van der Waals surface area contributed by atoms with Gasteiger partial charge in [0.15, 0.2) is 0 Å². The van der Waals surface area contributed by atoms with Crippen LogP contribution < -0.4 is 10.2 Å². The molecule has 0 unspecified atom stereocenters. The van der Waals surface area contributed by atoms with E-state index in [2.05, 4.69) is 21.2 Å². The van der Waals surface area contributed by atoms with Crippen LogP contribution in [0, 0.1) is 6.92 Å². The van der Waals surface area contributed by atoms with E-state index >= 15 is 0 Å². The number of imide groups is 2. The first-order valence-electron chi connectivity index (χ1n) is 8.97. The summed E-state index contributed by atoms with van der Waals surface area (Å²) in [5.74, 6) is -0.820. The van der Waals surface area contributed by atoms with Gasteiger partial charge in [0, 0.05) is 15.1 Å². The number of carbonyl (C=O) groups excluding carboxylic acids is 3. The molecule has 1 aliphatic rings. The highest BCUT2D eigenvalue weighted by Gasteiger charge is 2.37. The summed E-state index contributed by atoms with van der Waals surface area (Å²) >= 11 is 15.6. The molecule has 9 heteroatoms. The van der Waals surface area contributed by atoms with Crippen LogP contribution in [0.25, 0.3) is 17.4 Å². The first-order valence-corrected chi connectivity index (χ1v) is 10.5. The fraction of sp³-hybridized carbons (Fsp3) is 0.0455. The summed E-state index contributed by atoms with van der Waals surface area (Å²) in [6.07, 6.45) is 1.29. The predicted octanol–water partition coefficient (Wildman–Crippen LogP) is 5.99. The Labute approximate surface area is 195 Å². The average molecular weight is 520 g/mol. The molecule has 0 radical (unpaired) electrons. The van der Waals surface area contributed by atoms with Gasteiger partial charge < -0.3 is 4.42 Å². The van der Waals surface area contributed by atoms with E-state index in [1.54, 1.807) is 43.3 Å². The monoisotopic (exact) mass is 518 g/mol. The van der Waals surface area contributed by atoms with E-state index in [1.807, 2.05) is 6.07 Å². The van der Waals surface area contributed by atoms with Crippen molar-refractivity contribution in [2.75, 3.05) is 4.90 Å². The lowest BCUT2D eigenvalue weighted by Crippen LogP contribution is -2.54. The fourth-order valence-corrected chi connectivity index (χ4v) is 3.59. The van der Waals surface area contributed by atoms with Gasteiger partial charge in [-0.3, -0.25) is 14.9 Å². The Balaban J connectivity index is 1.68. The second kappa shape index (κ2) is 8.34. The molecule has 156 valence electrons. The van der Waals surface area contributed by atoms with Crippen molar-refractivity contribution < 1.29 is 18.8 Å².